The Morgan fingerprint density at radius 1 is 1.22 bits per heavy atom. The molecular formula is C14H14N2O2. The van der Waals surface area contributed by atoms with Gasteiger partial charge < -0.3 is 10.5 Å². The number of hydrogen-bond donors (Lipinski definition) is 1. The van der Waals surface area contributed by atoms with Crippen molar-refractivity contribution in [1.82, 2.24) is 4.98 Å². The number of ether oxygens (including phenoxy) is 1. The van der Waals surface area contributed by atoms with Crippen molar-refractivity contribution in [3.8, 4) is 5.75 Å². The highest BCUT2D eigenvalue weighted by atomic mass is 16.5. The third kappa shape index (κ3) is 3.07. The Morgan fingerprint density at radius 3 is 2.72 bits per heavy atom. The molecule has 1 amide bonds. The third-order valence-electron chi connectivity index (χ3n) is 2.54. The second kappa shape index (κ2) is 5.82. The SMILES string of the molecule is NC(=O)c1cnccc1OCCc1ccccc1. The van der Waals surface area contributed by atoms with Gasteiger partial charge in [0, 0.05) is 18.8 Å². The van der Waals surface area contributed by atoms with Gasteiger partial charge in [-0.05, 0) is 11.6 Å². The minimum atomic E-state index is -0.530. The number of pyridine rings is 1. The maximum absolute atomic E-state index is 11.2. The molecule has 1 aromatic heterocycles. The highest BCUT2D eigenvalue weighted by Crippen LogP contribution is 2.16. The first kappa shape index (κ1) is 12.1. The second-order valence-corrected chi connectivity index (χ2v) is 3.82. The lowest BCUT2D eigenvalue weighted by atomic mass is 10.2. The number of aromatic nitrogens is 1. The van der Waals surface area contributed by atoms with Crippen molar-refractivity contribution in [3.05, 3.63) is 59.9 Å². The molecule has 0 atom stereocenters. The van der Waals surface area contributed by atoms with E-state index in [4.69, 9.17) is 10.5 Å². The summed E-state index contributed by atoms with van der Waals surface area (Å²) in [5, 5.41) is 0. The Bertz CT molecular complexity index is 526. The molecule has 0 fully saturated rings. The first-order chi connectivity index (χ1) is 8.77. The molecule has 18 heavy (non-hydrogen) atoms. The minimum Gasteiger partial charge on any atom is -0.492 e. The molecule has 0 bridgehead atoms. The Labute approximate surface area is 105 Å². The van der Waals surface area contributed by atoms with Crippen LogP contribution >= 0.6 is 0 Å². The lowest BCUT2D eigenvalue weighted by Crippen LogP contribution is -2.14. The average Bonchev–Trinajstić information content (AvgIpc) is 2.40. The van der Waals surface area contributed by atoms with Crippen molar-refractivity contribution in [2.45, 2.75) is 6.42 Å². The summed E-state index contributed by atoms with van der Waals surface area (Å²) in [5.41, 5.74) is 6.74. The number of hydrogen-bond acceptors (Lipinski definition) is 3. The Hall–Kier alpha value is -2.36. The molecule has 0 aliphatic rings. The molecule has 4 nitrogen and oxygen atoms in total. The van der Waals surface area contributed by atoms with Crippen LogP contribution in [0.5, 0.6) is 5.75 Å². The summed E-state index contributed by atoms with van der Waals surface area (Å²) in [5.74, 6) is -0.0498. The quantitative estimate of drug-likeness (QED) is 0.869. The summed E-state index contributed by atoms with van der Waals surface area (Å²) in [6, 6.07) is 11.6. The molecule has 2 aromatic rings. The predicted octanol–water partition coefficient (Wildman–Crippen LogP) is 1.80. The number of amides is 1. The number of primary amides is 1. The van der Waals surface area contributed by atoms with E-state index in [1.54, 1.807) is 12.3 Å². The third-order valence-corrected chi connectivity index (χ3v) is 2.54. The van der Waals surface area contributed by atoms with Gasteiger partial charge in [-0.2, -0.15) is 0 Å². The van der Waals surface area contributed by atoms with Crippen molar-refractivity contribution < 1.29 is 9.53 Å². The molecule has 0 radical (unpaired) electrons. The van der Waals surface area contributed by atoms with Crippen molar-refractivity contribution >= 4 is 5.91 Å². The topological polar surface area (TPSA) is 65.2 Å². The van der Waals surface area contributed by atoms with Gasteiger partial charge in [0.25, 0.3) is 5.91 Å². The van der Waals surface area contributed by atoms with Gasteiger partial charge in [0.15, 0.2) is 0 Å². The monoisotopic (exact) mass is 242 g/mol. The van der Waals surface area contributed by atoms with Crippen LogP contribution in [-0.4, -0.2) is 17.5 Å². The van der Waals surface area contributed by atoms with Crippen molar-refractivity contribution in [2.24, 2.45) is 5.73 Å². The lowest BCUT2D eigenvalue weighted by molar-refractivity contribution is 0.0996. The highest BCUT2D eigenvalue weighted by Gasteiger charge is 2.08. The van der Waals surface area contributed by atoms with Crippen molar-refractivity contribution in [3.63, 3.8) is 0 Å². The fourth-order valence-electron chi connectivity index (χ4n) is 1.62. The molecule has 0 saturated heterocycles. The maximum Gasteiger partial charge on any atom is 0.254 e. The normalized spacial score (nSPS) is 10.0. The van der Waals surface area contributed by atoms with E-state index in [2.05, 4.69) is 4.98 Å². The van der Waals surface area contributed by atoms with E-state index in [9.17, 15) is 4.79 Å². The number of benzene rings is 1. The van der Waals surface area contributed by atoms with E-state index >= 15 is 0 Å². The Morgan fingerprint density at radius 2 is 2.00 bits per heavy atom. The van der Waals surface area contributed by atoms with E-state index in [0.717, 1.165) is 6.42 Å². The fourth-order valence-corrected chi connectivity index (χ4v) is 1.62. The van der Waals surface area contributed by atoms with Gasteiger partial charge in [-0.3, -0.25) is 9.78 Å². The summed E-state index contributed by atoms with van der Waals surface area (Å²) in [4.78, 5) is 15.0. The van der Waals surface area contributed by atoms with Gasteiger partial charge in [-0.1, -0.05) is 30.3 Å². The molecule has 1 aromatic carbocycles. The summed E-state index contributed by atoms with van der Waals surface area (Å²) >= 11 is 0. The standard InChI is InChI=1S/C14H14N2O2/c15-14(17)12-10-16-8-6-13(12)18-9-7-11-4-2-1-3-5-11/h1-6,8,10H,7,9H2,(H2,15,17). The molecule has 4 heteroatoms. The number of carbonyl (C=O) groups is 1. The molecule has 2 N–H and O–H groups in total. The first-order valence-electron chi connectivity index (χ1n) is 5.68. The van der Waals surface area contributed by atoms with E-state index in [1.807, 2.05) is 30.3 Å². The van der Waals surface area contributed by atoms with Crippen LogP contribution in [-0.2, 0) is 6.42 Å². The van der Waals surface area contributed by atoms with Gasteiger partial charge in [0.1, 0.15) is 5.75 Å². The fraction of sp³-hybridized carbons (Fsp3) is 0.143. The molecule has 92 valence electrons. The zero-order valence-electron chi connectivity index (χ0n) is 9.87. The predicted molar refractivity (Wildman–Crippen MR) is 68.4 cm³/mol. The molecule has 0 unspecified atom stereocenters. The van der Waals surface area contributed by atoms with Crippen LogP contribution in [0.15, 0.2) is 48.8 Å². The zero-order chi connectivity index (χ0) is 12.8. The molecular weight excluding hydrogens is 228 g/mol. The van der Waals surface area contributed by atoms with Gasteiger partial charge in [0.2, 0.25) is 0 Å². The molecule has 0 aliphatic carbocycles. The van der Waals surface area contributed by atoms with Crippen LogP contribution in [0.25, 0.3) is 0 Å². The molecule has 0 spiro atoms. The lowest BCUT2D eigenvalue weighted by Gasteiger charge is -2.08. The van der Waals surface area contributed by atoms with Crippen molar-refractivity contribution in [2.75, 3.05) is 6.61 Å². The summed E-state index contributed by atoms with van der Waals surface area (Å²) < 4.78 is 5.56. The van der Waals surface area contributed by atoms with Crippen LogP contribution in [0.3, 0.4) is 0 Å². The van der Waals surface area contributed by atoms with Crippen LogP contribution in [0.1, 0.15) is 15.9 Å². The number of nitrogens with two attached hydrogens (primary N) is 1. The largest absolute Gasteiger partial charge is 0.492 e. The van der Waals surface area contributed by atoms with Crippen LogP contribution in [0.4, 0.5) is 0 Å². The van der Waals surface area contributed by atoms with Crippen LogP contribution in [0, 0.1) is 0 Å². The molecule has 0 saturated carbocycles. The number of carbonyl (C=O) groups excluding carboxylic acids is 1. The Kier molecular flexibility index (Phi) is 3.91. The maximum atomic E-state index is 11.2. The highest BCUT2D eigenvalue weighted by molar-refractivity contribution is 5.95. The molecule has 1 heterocycles. The van der Waals surface area contributed by atoms with E-state index < -0.39 is 5.91 Å². The van der Waals surface area contributed by atoms with Gasteiger partial charge >= 0.3 is 0 Å². The van der Waals surface area contributed by atoms with Gasteiger partial charge in [-0.25, -0.2) is 0 Å². The number of nitrogens with zero attached hydrogens (tertiary/aromatic N) is 1. The molecule has 2 rings (SSSR count). The second-order valence-electron chi connectivity index (χ2n) is 3.82. The van der Waals surface area contributed by atoms with Gasteiger partial charge in [0.05, 0.1) is 12.2 Å². The van der Waals surface area contributed by atoms with E-state index in [0.29, 0.717) is 17.9 Å². The van der Waals surface area contributed by atoms with Gasteiger partial charge in [-0.15, -0.1) is 0 Å². The van der Waals surface area contributed by atoms with Crippen molar-refractivity contribution in [1.29, 1.82) is 0 Å². The molecule has 0 aliphatic heterocycles. The van der Waals surface area contributed by atoms with E-state index in [-0.39, 0.29) is 0 Å². The number of rotatable bonds is 5. The first-order valence-corrected chi connectivity index (χ1v) is 5.68. The average molecular weight is 242 g/mol. The smallest absolute Gasteiger partial charge is 0.254 e. The minimum absolute atomic E-state index is 0.311. The van der Waals surface area contributed by atoms with Crippen LogP contribution in [0.2, 0.25) is 0 Å². The summed E-state index contributed by atoms with van der Waals surface area (Å²) in [7, 11) is 0. The van der Waals surface area contributed by atoms with E-state index in [1.165, 1.54) is 11.8 Å². The zero-order valence-corrected chi connectivity index (χ0v) is 9.87. The summed E-state index contributed by atoms with van der Waals surface area (Å²) in [6.45, 7) is 0.494. The van der Waals surface area contributed by atoms with Crippen LogP contribution < -0.4 is 10.5 Å². The Balaban J connectivity index is 1.97. The summed E-state index contributed by atoms with van der Waals surface area (Å²) in [6.07, 6.45) is 3.77.